The number of ketones is 1. The van der Waals surface area contributed by atoms with Crippen LogP contribution in [0, 0.1) is 0 Å². The van der Waals surface area contributed by atoms with Gasteiger partial charge in [-0.05, 0) is 38.1 Å². The predicted octanol–water partition coefficient (Wildman–Crippen LogP) is 2.77. The highest BCUT2D eigenvalue weighted by molar-refractivity contribution is 5.95. The zero-order chi connectivity index (χ0) is 15.2. The average Bonchev–Trinajstić information content (AvgIpc) is 2.46. The minimum absolute atomic E-state index is 0.165. The molecule has 2 rings (SSSR count). The third kappa shape index (κ3) is 4.83. The number of morpholine rings is 1. The maximum Gasteiger partial charge on any atom is 0.162 e. The maximum absolute atomic E-state index is 11.5. The molecule has 1 aliphatic rings. The van der Waals surface area contributed by atoms with Crippen molar-refractivity contribution in [1.82, 2.24) is 4.90 Å². The lowest BCUT2D eigenvalue weighted by Gasteiger charge is -2.35. The van der Waals surface area contributed by atoms with Crippen molar-refractivity contribution < 1.29 is 14.3 Å². The molecular formula is C17H25NO3. The zero-order valence-electron chi connectivity index (χ0n) is 13.2. The van der Waals surface area contributed by atoms with Gasteiger partial charge in [0.2, 0.25) is 0 Å². The summed E-state index contributed by atoms with van der Waals surface area (Å²) in [6.07, 6.45) is 1.11. The van der Waals surface area contributed by atoms with Crippen LogP contribution in [0.1, 0.15) is 37.6 Å². The summed E-state index contributed by atoms with van der Waals surface area (Å²) in [6.45, 7) is 9.54. The zero-order valence-corrected chi connectivity index (χ0v) is 13.2. The first kappa shape index (κ1) is 16.0. The van der Waals surface area contributed by atoms with Crippen molar-refractivity contribution in [3.8, 4) is 5.75 Å². The van der Waals surface area contributed by atoms with Crippen molar-refractivity contribution in [2.24, 2.45) is 0 Å². The molecule has 0 spiro atoms. The summed E-state index contributed by atoms with van der Waals surface area (Å²) < 4.78 is 11.5. The van der Waals surface area contributed by atoms with Crippen LogP contribution in [0.2, 0.25) is 0 Å². The van der Waals surface area contributed by atoms with Crippen LogP contribution in [-0.4, -0.2) is 49.1 Å². The van der Waals surface area contributed by atoms with Crippen molar-refractivity contribution in [2.75, 3.05) is 26.2 Å². The maximum atomic E-state index is 11.5. The first-order valence-electron chi connectivity index (χ1n) is 7.72. The van der Waals surface area contributed by atoms with Gasteiger partial charge in [0.25, 0.3) is 0 Å². The van der Waals surface area contributed by atoms with Crippen LogP contribution in [0.5, 0.6) is 5.75 Å². The normalized spacial score (nSPS) is 23.0. The Balaban J connectivity index is 1.77. The van der Waals surface area contributed by atoms with E-state index in [9.17, 15) is 4.79 Å². The molecule has 21 heavy (non-hydrogen) atoms. The smallest absolute Gasteiger partial charge is 0.162 e. The fraction of sp³-hybridized carbons (Fsp3) is 0.588. The Morgan fingerprint density at radius 3 is 2.43 bits per heavy atom. The fourth-order valence-corrected chi connectivity index (χ4v) is 2.70. The Hall–Kier alpha value is -1.39. The van der Waals surface area contributed by atoms with Gasteiger partial charge in [-0.2, -0.15) is 0 Å². The number of hydrogen-bond donors (Lipinski definition) is 0. The van der Waals surface area contributed by atoms with Crippen molar-refractivity contribution in [1.29, 1.82) is 0 Å². The van der Waals surface area contributed by atoms with Crippen LogP contribution < -0.4 is 4.74 Å². The standard InChI is InChI=1S/C17H25NO3/c1-4-17(19)15-5-7-16(8-6-15)20-10-9-18-11-13(2)21-14(3)12-18/h5-8,13-14H,4,9-12H2,1-3H3/t13-,14-/m0/s1. The minimum Gasteiger partial charge on any atom is -0.492 e. The Kier molecular flexibility index (Phi) is 5.76. The molecule has 4 heteroatoms. The molecule has 0 aliphatic carbocycles. The molecule has 0 bridgehead atoms. The van der Waals surface area contributed by atoms with Crippen molar-refractivity contribution in [2.45, 2.75) is 39.4 Å². The van der Waals surface area contributed by atoms with E-state index in [4.69, 9.17) is 9.47 Å². The van der Waals surface area contributed by atoms with E-state index in [1.54, 1.807) is 0 Å². The molecule has 4 nitrogen and oxygen atoms in total. The highest BCUT2D eigenvalue weighted by Gasteiger charge is 2.21. The van der Waals surface area contributed by atoms with Gasteiger partial charge in [0.15, 0.2) is 5.78 Å². The molecule has 2 atom stereocenters. The molecule has 1 aliphatic heterocycles. The van der Waals surface area contributed by atoms with Gasteiger partial charge in [0.05, 0.1) is 12.2 Å². The van der Waals surface area contributed by atoms with E-state index < -0.39 is 0 Å². The van der Waals surface area contributed by atoms with E-state index in [1.165, 1.54) is 0 Å². The summed E-state index contributed by atoms with van der Waals surface area (Å²) in [5.74, 6) is 0.981. The summed E-state index contributed by atoms with van der Waals surface area (Å²) in [5.41, 5.74) is 0.751. The molecule has 0 radical (unpaired) electrons. The second-order valence-corrected chi connectivity index (χ2v) is 5.67. The summed E-state index contributed by atoms with van der Waals surface area (Å²) in [4.78, 5) is 13.9. The molecule has 116 valence electrons. The molecule has 1 aromatic carbocycles. The van der Waals surface area contributed by atoms with Gasteiger partial charge in [-0.1, -0.05) is 6.92 Å². The number of carbonyl (C=O) groups is 1. The van der Waals surface area contributed by atoms with E-state index in [-0.39, 0.29) is 18.0 Å². The lowest BCUT2D eigenvalue weighted by Crippen LogP contribution is -2.46. The summed E-state index contributed by atoms with van der Waals surface area (Å²) >= 11 is 0. The molecule has 0 aromatic heterocycles. The molecule has 0 saturated carbocycles. The molecule has 0 amide bonds. The number of Topliss-reactive ketones (excluding diaryl/α,β-unsaturated/α-hetero) is 1. The van der Waals surface area contributed by atoms with Gasteiger partial charge < -0.3 is 9.47 Å². The lowest BCUT2D eigenvalue weighted by atomic mass is 10.1. The highest BCUT2D eigenvalue weighted by atomic mass is 16.5. The summed E-state index contributed by atoms with van der Waals surface area (Å²) in [5, 5.41) is 0. The third-order valence-electron chi connectivity index (χ3n) is 3.67. The minimum atomic E-state index is 0.165. The van der Waals surface area contributed by atoms with Gasteiger partial charge in [-0.15, -0.1) is 0 Å². The summed E-state index contributed by atoms with van der Waals surface area (Å²) in [7, 11) is 0. The molecule has 1 heterocycles. The van der Waals surface area contributed by atoms with Crippen LogP contribution in [0.15, 0.2) is 24.3 Å². The first-order valence-corrected chi connectivity index (χ1v) is 7.72. The van der Waals surface area contributed by atoms with Gasteiger partial charge >= 0.3 is 0 Å². The van der Waals surface area contributed by atoms with Crippen LogP contribution in [0.4, 0.5) is 0 Å². The van der Waals surface area contributed by atoms with E-state index in [2.05, 4.69) is 18.7 Å². The number of hydrogen-bond acceptors (Lipinski definition) is 4. The second kappa shape index (κ2) is 7.57. The Bertz CT molecular complexity index is 448. The quantitative estimate of drug-likeness (QED) is 0.756. The monoisotopic (exact) mass is 291 g/mol. The second-order valence-electron chi connectivity index (χ2n) is 5.67. The fourth-order valence-electron chi connectivity index (χ4n) is 2.70. The van der Waals surface area contributed by atoms with Crippen LogP contribution in [0.3, 0.4) is 0 Å². The van der Waals surface area contributed by atoms with Crippen molar-refractivity contribution in [3.05, 3.63) is 29.8 Å². The van der Waals surface area contributed by atoms with Crippen molar-refractivity contribution in [3.63, 3.8) is 0 Å². The van der Waals surface area contributed by atoms with Gasteiger partial charge in [-0.25, -0.2) is 0 Å². The van der Waals surface area contributed by atoms with Gasteiger partial charge in [0.1, 0.15) is 12.4 Å². The Morgan fingerprint density at radius 2 is 1.86 bits per heavy atom. The van der Waals surface area contributed by atoms with Gasteiger partial charge in [-0.3, -0.25) is 9.69 Å². The molecule has 1 fully saturated rings. The predicted molar refractivity (Wildman–Crippen MR) is 83.0 cm³/mol. The van der Waals surface area contributed by atoms with E-state index >= 15 is 0 Å². The SMILES string of the molecule is CCC(=O)c1ccc(OCCN2C[C@H](C)O[C@@H](C)C2)cc1. The third-order valence-corrected chi connectivity index (χ3v) is 3.67. The lowest BCUT2D eigenvalue weighted by molar-refractivity contribution is -0.0699. The summed E-state index contributed by atoms with van der Waals surface area (Å²) in [6, 6.07) is 7.40. The van der Waals surface area contributed by atoms with Gasteiger partial charge in [0, 0.05) is 31.6 Å². The number of nitrogens with zero attached hydrogens (tertiary/aromatic N) is 1. The van der Waals surface area contributed by atoms with Crippen LogP contribution >= 0.6 is 0 Å². The largest absolute Gasteiger partial charge is 0.492 e. The number of ether oxygens (including phenoxy) is 2. The Morgan fingerprint density at radius 1 is 1.24 bits per heavy atom. The van der Waals surface area contributed by atoms with E-state index in [0.29, 0.717) is 13.0 Å². The molecule has 1 aromatic rings. The van der Waals surface area contributed by atoms with Crippen LogP contribution in [-0.2, 0) is 4.74 Å². The first-order chi connectivity index (χ1) is 10.1. The molecular weight excluding hydrogens is 266 g/mol. The van der Waals surface area contributed by atoms with E-state index in [0.717, 1.165) is 30.9 Å². The van der Waals surface area contributed by atoms with Crippen LogP contribution in [0.25, 0.3) is 0 Å². The van der Waals surface area contributed by atoms with E-state index in [1.807, 2.05) is 31.2 Å². The average molecular weight is 291 g/mol. The number of benzene rings is 1. The topological polar surface area (TPSA) is 38.8 Å². The molecule has 0 unspecified atom stereocenters. The Labute approximate surface area is 127 Å². The highest BCUT2D eigenvalue weighted by Crippen LogP contribution is 2.14. The molecule has 1 saturated heterocycles. The number of rotatable bonds is 6. The van der Waals surface area contributed by atoms with Crippen molar-refractivity contribution >= 4 is 5.78 Å². The number of carbonyl (C=O) groups excluding carboxylic acids is 1. The molecule has 0 N–H and O–H groups in total.